The summed E-state index contributed by atoms with van der Waals surface area (Å²) < 4.78 is 51.2. The molecule has 0 aliphatic heterocycles. The Hall–Kier alpha value is -1.06. The first-order chi connectivity index (χ1) is 11.9. The van der Waals surface area contributed by atoms with Crippen LogP contribution in [-0.2, 0) is 12.6 Å². The summed E-state index contributed by atoms with van der Waals surface area (Å²) in [6.45, 7) is 2.24. The lowest BCUT2D eigenvalue weighted by Gasteiger charge is -2.28. The highest BCUT2D eigenvalue weighted by molar-refractivity contribution is 5.26. The van der Waals surface area contributed by atoms with E-state index in [2.05, 4.69) is 6.92 Å². The second-order valence-corrected chi connectivity index (χ2v) is 7.59. The molecule has 0 bridgehead atoms. The van der Waals surface area contributed by atoms with E-state index in [1.54, 1.807) is 0 Å². The second-order valence-electron chi connectivity index (χ2n) is 7.59. The molecule has 0 nitrogen and oxygen atoms in total. The van der Waals surface area contributed by atoms with Gasteiger partial charge in [0, 0.05) is 0 Å². The number of unbranched alkanes of at least 4 members (excludes halogenated alkanes) is 2. The number of halogens is 4. The van der Waals surface area contributed by atoms with E-state index in [0.717, 1.165) is 36.8 Å². The van der Waals surface area contributed by atoms with Crippen molar-refractivity contribution in [2.45, 2.75) is 83.7 Å². The van der Waals surface area contributed by atoms with Crippen molar-refractivity contribution in [3.63, 3.8) is 0 Å². The van der Waals surface area contributed by atoms with E-state index in [0.29, 0.717) is 12.0 Å². The molecular weight excluding hydrogens is 328 g/mol. The summed E-state index contributed by atoms with van der Waals surface area (Å²) in [6.07, 6.45) is 8.60. The minimum Gasteiger partial charge on any atom is -0.206 e. The standard InChI is InChI=1S/C21H30F4/c1-2-3-6-16-9-11-17(12-10-16)7-4-5-8-18-13-14-19(20(22)15-18)21(23,24)25/h13-17H,2-12H2,1H3. The first-order valence-corrected chi connectivity index (χ1v) is 9.75. The van der Waals surface area contributed by atoms with Gasteiger partial charge in [-0.15, -0.1) is 0 Å². The maximum atomic E-state index is 13.6. The number of hydrogen-bond acceptors (Lipinski definition) is 0. The first-order valence-electron chi connectivity index (χ1n) is 9.75. The molecule has 1 fully saturated rings. The van der Waals surface area contributed by atoms with Crippen LogP contribution in [-0.4, -0.2) is 0 Å². The molecule has 1 aromatic rings. The summed E-state index contributed by atoms with van der Waals surface area (Å²) in [6, 6.07) is 3.31. The predicted octanol–water partition coefficient (Wildman–Crippen LogP) is 7.55. The van der Waals surface area contributed by atoms with Crippen LogP contribution >= 0.6 is 0 Å². The SMILES string of the molecule is CCCCC1CCC(CCCCc2ccc(C(F)(F)F)c(F)c2)CC1. The Kier molecular flexibility index (Phi) is 7.77. The minimum atomic E-state index is -4.61. The van der Waals surface area contributed by atoms with Crippen molar-refractivity contribution in [3.05, 3.63) is 35.1 Å². The van der Waals surface area contributed by atoms with Gasteiger partial charge in [-0.2, -0.15) is 13.2 Å². The lowest BCUT2D eigenvalue weighted by Crippen LogP contribution is -2.14. The van der Waals surface area contributed by atoms with Crippen LogP contribution in [0, 0.1) is 17.7 Å². The minimum absolute atomic E-state index is 0.654. The average molecular weight is 358 g/mol. The molecule has 1 saturated carbocycles. The number of alkyl halides is 3. The zero-order valence-corrected chi connectivity index (χ0v) is 15.2. The van der Waals surface area contributed by atoms with E-state index >= 15 is 0 Å². The summed E-state index contributed by atoms with van der Waals surface area (Å²) in [7, 11) is 0. The third-order valence-electron chi connectivity index (χ3n) is 5.60. The third-order valence-corrected chi connectivity index (χ3v) is 5.60. The number of aryl methyl sites for hydroxylation is 1. The van der Waals surface area contributed by atoms with Gasteiger partial charge >= 0.3 is 6.18 Å². The van der Waals surface area contributed by atoms with E-state index in [4.69, 9.17) is 0 Å². The van der Waals surface area contributed by atoms with Gasteiger partial charge < -0.3 is 0 Å². The van der Waals surface area contributed by atoms with Gasteiger partial charge in [-0.3, -0.25) is 0 Å². The van der Waals surface area contributed by atoms with Gasteiger partial charge in [0.05, 0.1) is 5.56 Å². The number of hydrogen-bond donors (Lipinski definition) is 0. The fraction of sp³-hybridized carbons (Fsp3) is 0.714. The fourth-order valence-corrected chi connectivity index (χ4v) is 4.01. The van der Waals surface area contributed by atoms with Crippen molar-refractivity contribution in [2.24, 2.45) is 11.8 Å². The van der Waals surface area contributed by atoms with Gasteiger partial charge in [-0.1, -0.05) is 70.8 Å². The zero-order chi connectivity index (χ0) is 18.3. The largest absolute Gasteiger partial charge is 0.419 e. The average Bonchev–Trinajstić information content (AvgIpc) is 2.57. The topological polar surface area (TPSA) is 0 Å². The molecule has 0 amide bonds. The molecule has 0 spiro atoms. The normalized spacial score (nSPS) is 21.5. The Labute approximate surface area is 149 Å². The van der Waals surface area contributed by atoms with Crippen molar-refractivity contribution in [1.29, 1.82) is 0 Å². The van der Waals surface area contributed by atoms with Crippen LogP contribution in [0.4, 0.5) is 17.6 Å². The lowest BCUT2D eigenvalue weighted by atomic mass is 9.78. The molecule has 0 heterocycles. The van der Waals surface area contributed by atoms with Crippen molar-refractivity contribution in [1.82, 2.24) is 0 Å². The molecule has 1 aliphatic rings. The molecule has 2 rings (SSSR count). The maximum Gasteiger partial charge on any atom is 0.419 e. The Morgan fingerprint density at radius 3 is 2.04 bits per heavy atom. The highest BCUT2D eigenvalue weighted by Gasteiger charge is 2.33. The van der Waals surface area contributed by atoms with Crippen LogP contribution in [0.15, 0.2) is 18.2 Å². The second kappa shape index (κ2) is 9.59. The summed E-state index contributed by atoms with van der Waals surface area (Å²) in [5.41, 5.74) is -0.509. The molecule has 0 saturated heterocycles. The van der Waals surface area contributed by atoms with Gasteiger partial charge in [0.15, 0.2) is 0 Å². The molecule has 0 radical (unpaired) electrons. The summed E-state index contributed by atoms with van der Waals surface area (Å²) in [5, 5.41) is 0. The molecule has 0 atom stereocenters. The molecule has 1 aromatic carbocycles. The molecule has 142 valence electrons. The van der Waals surface area contributed by atoms with E-state index in [1.807, 2.05) is 0 Å². The zero-order valence-electron chi connectivity index (χ0n) is 15.2. The Bertz CT molecular complexity index is 513. The van der Waals surface area contributed by atoms with E-state index in [-0.39, 0.29) is 0 Å². The van der Waals surface area contributed by atoms with E-state index in [1.165, 1.54) is 57.4 Å². The molecule has 0 aromatic heterocycles. The molecule has 0 unspecified atom stereocenters. The van der Waals surface area contributed by atoms with Crippen LogP contribution in [0.3, 0.4) is 0 Å². The van der Waals surface area contributed by atoms with Gasteiger partial charge in [0.1, 0.15) is 5.82 Å². The first kappa shape index (κ1) is 20.3. The monoisotopic (exact) mass is 358 g/mol. The van der Waals surface area contributed by atoms with Gasteiger partial charge in [0.2, 0.25) is 0 Å². The van der Waals surface area contributed by atoms with E-state index in [9.17, 15) is 17.6 Å². The molecule has 25 heavy (non-hydrogen) atoms. The smallest absolute Gasteiger partial charge is 0.206 e. The van der Waals surface area contributed by atoms with Crippen LogP contribution in [0.2, 0.25) is 0 Å². The maximum absolute atomic E-state index is 13.6. The molecule has 0 N–H and O–H groups in total. The van der Waals surface area contributed by atoms with Crippen LogP contribution in [0.1, 0.15) is 82.3 Å². The number of rotatable bonds is 8. The van der Waals surface area contributed by atoms with Crippen molar-refractivity contribution in [2.75, 3.05) is 0 Å². The molecule has 4 heteroatoms. The third kappa shape index (κ3) is 6.63. The Balaban J connectivity index is 1.66. The quantitative estimate of drug-likeness (QED) is 0.332. The Morgan fingerprint density at radius 1 is 0.920 bits per heavy atom. The van der Waals surface area contributed by atoms with Crippen molar-refractivity contribution >= 4 is 0 Å². The highest BCUT2D eigenvalue weighted by Crippen LogP contribution is 2.35. The fourth-order valence-electron chi connectivity index (χ4n) is 4.01. The lowest BCUT2D eigenvalue weighted by molar-refractivity contribution is -0.140. The summed E-state index contributed by atoms with van der Waals surface area (Å²) in [4.78, 5) is 0. The molecule has 1 aliphatic carbocycles. The predicted molar refractivity (Wildman–Crippen MR) is 93.9 cm³/mol. The number of benzene rings is 1. The molecular formula is C21H30F4. The summed E-state index contributed by atoms with van der Waals surface area (Å²) >= 11 is 0. The summed E-state index contributed by atoms with van der Waals surface area (Å²) in [5.74, 6) is 0.573. The van der Waals surface area contributed by atoms with Crippen molar-refractivity contribution < 1.29 is 17.6 Å². The van der Waals surface area contributed by atoms with Crippen LogP contribution < -0.4 is 0 Å². The van der Waals surface area contributed by atoms with Gasteiger partial charge in [0.25, 0.3) is 0 Å². The van der Waals surface area contributed by atoms with Crippen LogP contribution in [0.25, 0.3) is 0 Å². The van der Waals surface area contributed by atoms with Crippen molar-refractivity contribution in [3.8, 4) is 0 Å². The van der Waals surface area contributed by atoms with Crippen LogP contribution in [0.5, 0.6) is 0 Å². The Morgan fingerprint density at radius 2 is 1.52 bits per heavy atom. The van der Waals surface area contributed by atoms with E-state index < -0.39 is 17.6 Å². The van der Waals surface area contributed by atoms with Gasteiger partial charge in [-0.05, 0) is 42.4 Å². The highest BCUT2D eigenvalue weighted by atomic mass is 19.4. The van der Waals surface area contributed by atoms with Gasteiger partial charge in [-0.25, -0.2) is 4.39 Å².